The summed E-state index contributed by atoms with van der Waals surface area (Å²) in [5.74, 6) is 0.133. The van der Waals surface area contributed by atoms with Crippen LogP contribution in [0.15, 0.2) is 28.8 Å². The molecule has 1 aliphatic heterocycles. The number of carbonyl (C=O) groups excluding carboxylic acids is 3. The zero-order chi connectivity index (χ0) is 25.4. The topological polar surface area (TPSA) is 114 Å². The number of piperidine rings is 1. The summed E-state index contributed by atoms with van der Waals surface area (Å²) in [7, 11) is 0. The molecule has 6 rings (SSSR count). The van der Waals surface area contributed by atoms with E-state index in [1.54, 1.807) is 11.8 Å². The lowest BCUT2D eigenvalue weighted by Crippen LogP contribution is -2.51. The number of nitrogens with zero attached hydrogens (tertiary/aromatic N) is 2. The van der Waals surface area contributed by atoms with Crippen molar-refractivity contribution in [1.29, 1.82) is 0 Å². The smallest absolute Gasteiger partial charge is 0.289 e. The first-order valence-electron chi connectivity index (χ1n) is 12.1. The van der Waals surface area contributed by atoms with Gasteiger partial charge in [-0.25, -0.2) is 9.37 Å². The summed E-state index contributed by atoms with van der Waals surface area (Å²) < 4.78 is 24.7. The van der Waals surface area contributed by atoms with E-state index in [9.17, 15) is 18.8 Å². The highest BCUT2D eigenvalue weighted by Crippen LogP contribution is 2.52. The Morgan fingerprint density at radius 3 is 2.69 bits per heavy atom. The molecule has 1 aromatic carbocycles. The van der Waals surface area contributed by atoms with Gasteiger partial charge in [0.1, 0.15) is 11.6 Å². The summed E-state index contributed by atoms with van der Waals surface area (Å²) in [4.78, 5) is 42.9. The molecule has 0 spiro atoms. The molecule has 1 atom stereocenters. The van der Waals surface area contributed by atoms with Crippen molar-refractivity contribution in [1.82, 2.24) is 20.5 Å². The first-order chi connectivity index (χ1) is 17.2. The standard InChI is InChI=1S/C25H28ClFN4O5/c1-14(32)31-6-4-15(5-7-31)24-28-12-21(36-24)23(34)30-25-9-16(10-25)20(11-25)29-22(33)13-35-17-2-3-18(26)19(27)8-17/h2-3,8,12,15-16,20H,4-7,9-11,13H2,1H3,(H,29,33)(H,30,34)/t16?,20-,25?/m0/s1. The molecule has 3 aliphatic carbocycles. The Hall–Kier alpha value is -3.14. The van der Waals surface area contributed by atoms with Crippen LogP contribution in [0.1, 0.15) is 61.4 Å². The predicted octanol–water partition coefficient (Wildman–Crippen LogP) is 3.04. The van der Waals surface area contributed by atoms with Crippen molar-refractivity contribution in [3.63, 3.8) is 0 Å². The van der Waals surface area contributed by atoms with E-state index in [-0.39, 0.29) is 64.3 Å². The second-order valence-electron chi connectivity index (χ2n) is 9.99. The fourth-order valence-electron chi connectivity index (χ4n) is 5.59. The van der Waals surface area contributed by atoms with Gasteiger partial charge in [-0.1, -0.05) is 11.6 Å². The molecular formula is C25H28ClFN4O5. The molecule has 2 N–H and O–H groups in total. The van der Waals surface area contributed by atoms with Gasteiger partial charge in [0, 0.05) is 43.6 Å². The number of nitrogens with one attached hydrogen (secondary N) is 2. The molecule has 2 bridgehead atoms. The molecule has 192 valence electrons. The van der Waals surface area contributed by atoms with Crippen molar-refractivity contribution in [2.75, 3.05) is 19.7 Å². The van der Waals surface area contributed by atoms with Crippen molar-refractivity contribution in [2.24, 2.45) is 5.92 Å². The Morgan fingerprint density at radius 2 is 2.00 bits per heavy atom. The quantitative estimate of drug-likeness (QED) is 0.582. The molecule has 0 radical (unpaired) electrons. The third-order valence-electron chi connectivity index (χ3n) is 7.51. The highest BCUT2D eigenvalue weighted by atomic mass is 35.5. The maximum Gasteiger partial charge on any atom is 0.289 e. The van der Waals surface area contributed by atoms with Gasteiger partial charge < -0.3 is 24.7 Å². The molecule has 4 aliphatic rings. The van der Waals surface area contributed by atoms with E-state index >= 15 is 0 Å². The minimum Gasteiger partial charge on any atom is -0.484 e. The molecule has 2 aromatic rings. The number of fused-ring (bicyclic) bond motifs is 1. The van der Waals surface area contributed by atoms with Crippen LogP contribution >= 0.6 is 11.6 Å². The lowest BCUT2D eigenvalue weighted by atomic mass is 9.76. The molecule has 2 heterocycles. The zero-order valence-corrected chi connectivity index (χ0v) is 20.6. The van der Waals surface area contributed by atoms with E-state index in [4.69, 9.17) is 20.8 Å². The van der Waals surface area contributed by atoms with E-state index in [0.29, 0.717) is 25.4 Å². The van der Waals surface area contributed by atoms with Crippen molar-refractivity contribution < 1.29 is 27.9 Å². The number of benzene rings is 1. The van der Waals surface area contributed by atoms with Crippen LogP contribution in [0.5, 0.6) is 5.75 Å². The number of rotatable bonds is 7. The first-order valence-corrected chi connectivity index (χ1v) is 12.5. The summed E-state index contributed by atoms with van der Waals surface area (Å²) in [6.07, 6.45) is 5.14. The van der Waals surface area contributed by atoms with Crippen LogP contribution in [0.2, 0.25) is 5.02 Å². The summed E-state index contributed by atoms with van der Waals surface area (Å²) in [5, 5.41) is 6.04. The molecular weight excluding hydrogens is 491 g/mol. The molecule has 3 saturated carbocycles. The zero-order valence-electron chi connectivity index (χ0n) is 19.9. The van der Waals surface area contributed by atoms with Crippen LogP contribution < -0.4 is 15.4 Å². The molecule has 4 fully saturated rings. The Bertz CT molecular complexity index is 1170. The van der Waals surface area contributed by atoms with Crippen LogP contribution in [0.25, 0.3) is 0 Å². The molecule has 9 nitrogen and oxygen atoms in total. The molecule has 0 unspecified atom stereocenters. The Morgan fingerprint density at radius 1 is 1.25 bits per heavy atom. The second-order valence-corrected chi connectivity index (χ2v) is 10.4. The fourth-order valence-corrected chi connectivity index (χ4v) is 5.71. The third kappa shape index (κ3) is 5.04. The Labute approximate surface area is 212 Å². The van der Waals surface area contributed by atoms with Gasteiger partial charge in [-0.2, -0.15) is 0 Å². The third-order valence-corrected chi connectivity index (χ3v) is 7.82. The largest absolute Gasteiger partial charge is 0.484 e. The summed E-state index contributed by atoms with van der Waals surface area (Å²) in [5.41, 5.74) is -0.375. The maximum absolute atomic E-state index is 13.5. The fraction of sp³-hybridized carbons (Fsp3) is 0.520. The molecule has 36 heavy (non-hydrogen) atoms. The van der Waals surface area contributed by atoms with Gasteiger partial charge in [-0.15, -0.1) is 0 Å². The number of amides is 3. The van der Waals surface area contributed by atoms with Crippen molar-refractivity contribution >= 4 is 29.3 Å². The monoisotopic (exact) mass is 518 g/mol. The van der Waals surface area contributed by atoms with Gasteiger partial charge in [0.2, 0.25) is 11.7 Å². The predicted molar refractivity (Wildman–Crippen MR) is 127 cm³/mol. The van der Waals surface area contributed by atoms with E-state index in [1.807, 2.05) is 0 Å². The number of likely N-dealkylation sites (tertiary alicyclic amines) is 1. The second kappa shape index (κ2) is 9.72. The van der Waals surface area contributed by atoms with Gasteiger partial charge in [0.25, 0.3) is 11.8 Å². The molecule has 1 aromatic heterocycles. The molecule has 3 amide bonds. The van der Waals surface area contributed by atoms with Crippen molar-refractivity contribution in [3.8, 4) is 5.75 Å². The summed E-state index contributed by atoms with van der Waals surface area (Å²) >= 11 is 5.66. The van der Waals surface area contributed by atoms with Gasteiger partial charge >= 0.3 is 0 Å². The number of oxazole rings is 1. The van der Waals surface area contributed by atoms with Crippen LogP contribution in [0.3, 0.4) is 0 Å². The van der Waals surface area contributed by atoms with Gasteiger partial charge in [0.15, 0.2) is 12.5 Å². The highest BCUT2D eigenvalue weighted by molar-refractivity contribution is 6.30. The van der Waals surface area contributed by atoms with Crippen LogP contribution in [0.4, 0.5) is 4.39 Å². The van der Waals surface area contributed by atoms with Gasteiger partial charge in [-0.05, 0) is 50.2 Å². The lowest BCUT2D eigenvalue weighted by Gasteiger charge is -2.38. The summed E-state index contributed by atoms with van der Waals surface area (Å²) in [6, 6.07) is 3.94. The van der Waals surface area contributed by atoms with Crippen molar-refractivity contribution in [2.45, 2.75) is 56.5 Å². The highest BCUT2D eigenvalue weighted by Gasteiger charge is 2.57. The maximum atomic E-state index is 13.5. The van der Waals surface area contributed by atoms with Crippen LogP contribution in [-0.2, 0) is 9.59 Å². The number of hydrogen-bond acceptors (Lipinski definition) is 6. The SMILES string of the molecule is CC(=O)N1CCC(c2ncc(C(=O)NC34CC(C3)[C@@H](NC(=O)COc3ccc(Cl)c(F)c3)C4)o2)CC1. The van der Waals surface area contributed by atoms with Crippen LogP contribution in [0, 0.1) is 11.7 Å². The first kappa shape index (κ1) is 24.5. The number of ether oxygens (including phenoxy) is 1. The van der Waals surface area contributed by atoms with E-state index in [0.717, 1.165) is 31.7 Å². The van der Waals surface area contributed by atoms with Gasteiger partial charge in [0.05, 0.1) is 11.2 Å². The van der Waals surface area contributed by atoms with Crippen molar-refractivity contribution in [3.05, 3.63) is 46.9 Å². The number of halogens is 2. The Balaban J connectivity index is 1.09. The molecule has 11 heteroatoms. The van der Waals surface area contributed by atoms with E-state index < -0.39 is 5.82 Å². The van der Waals surface area contributed by atoms with Crippen LogP contribution in [-0.4, -0.2) is 58.9 Å². The normalized spacial score (nSPS) is 25.2. The minimum absolute atomic E-state index is 0.0126. The molecule has 1 saturated heterocycles. The van der Waals surface area contributed by atoms with E-state index in [2.05, 4.69) is 15.6 Å². The number of aromatic nitrogens is 1. The minimum atomic E-state index is -0.610. The lowest BCUT2D eigenvalue weighted by molar-refractivity contribution is -0.130. The average Bonchev–Trinajstić information content (AvgIpc) is 3.53. The van der Waals surface area contributed by atoms with Gasteiger partial charge in [-0.3, -0.25) is 14.4 Å². The Kier molecular flexibility index (Phi) is 6.63. The average molecular weight is 519 g/mol. The summed E-state index contributed by atoms with van der Waals surface area (Å²) in [6.45, 7) is 2.64. The number of carbonyl (C=O) groups is 3. The number of hydrogen-bond donors (Lipinski definition) is 2. The van der Waals surface area contributed by atoms with E-state index in [1.165, 1.54) is 18.3 Å².